The van der Waals surface area contributed by atoms with Crippen molar-refractivity contribution < 1.29 is 29.8 Å². The lowest BCUT2D eigenvalue weighted by atomic mass is 9.97. The van der Waals surface area contributed by atoms with Crippen molar-refractivity contribution in [2.45, 2.75) is 31.7 Å². The Morgan fingerprint density at radius 2 is 2.11 bits per heavy atom. The van der Waals surface area contributed by atoms with E-state index in [1.165, 1.54) is 6.92 Å². The van der Waals surface area contributed by atoms with Gasteiger partial charge in [0.15, 0.2) is 6.23 Å². The number of aliphatic carboxylic acids is 1. The molecule has 1 unspecified atom stereocenters. The third kappa shape index (κ3) is 2.75. The Bertz CT molecular complexity index is 371. The third-order valence-electron chi connectivity index (χ3n) is 2.67. The molecule has 0 saturated carbocycles. The first-order valence-electron chi connectivity index (χ1n) is 5.24. The Morgan fingerprint density at radius 3 is 2.44 bits per heavy atom. The standard InChI is InChI=1S/C9H15N3O6/c1-3(10)7(14)11-6(9(16)17)4-2-5(13)12(18)8(4)15/h3-6,13,18H,2,10H2,1H3,(H,11,14)(H,16,17)/t3-,4+,5?,6-/m0/s1. The van der Waals surface area contributed by atoms with Crippen molar-refractivity contribution in [1.29, 1.82) is 0 Å². The van der Waals surface area contributed by atoms with E-state index in [2.05, 4.69) is 5.32 Å². The summed E-state index contributed by atoms with van der Waals surface area (Å²) < 4.78 is 0. The second-order valence-electron chi connectivity index (χ2n) is 4.12. The Labute approximate surface area is 102 Å². The van der Waals surface area contributed by atoms with Crippen LogP contribution in [-0.4, -0.2) is 56.6 Å². The van der Waals surface area contributed by atoms with Gasteiger partial charge in [0, 0.05) is 6.42 Å². The van der Waals surface area contributed by atoms with Gasteiger partial charge in [0.1, 0.15) is 6.04 Å². The highest BCUT2D eigenvalue weighted by Crippen LogP contribution is 2.24. The molecule has 2 amide bonds. The van der Waals surface area contributed by atoms with E-state index in [9.17, 15) is 19.5 Å². The van der Waals surface area contributed by atoms with Crippen molar-refractivity contribution in [3.8, 4) is 0 Å². The monoisotopic (exact) mass is 261 g/mol. The number of carbonyl (C=O) groups excluding carboxylic acids is 2. The first kappa shape index (κ1) is 14.4. The van der Waals surface area contributed by atoms with Crippen molar-refractivity contribution in [2.24, 2.45) is 11.7 Å². The second-order valence-corrected chi connectivity index (χ2v) is 4.12. The molecule has 1 heterocycles. The number of nitrogens with one attached hydrogen (secondary N) is 1. The minimum atomic E-state index is -1.54. The molecule has 9 nitrogen and oxygen atoms in total. The summed E-state index contributed by atoms with van der Waals surface area (Å²) in [7, 11) is 0. The topological polar surface area (TPSA) is 153 Å². The summed E-state index contributed by atoms with van der Waals surface area (Å²) in [5, 5.41) is 29.5. The molecule has 1 rings (SSSR count). The van der Waals surface area contributed by atoms with Gasteiger partial charge < -0.3 is 21.3 Å². The number of hydroxylamine groups is 2. The molecule has 1 aliphatic rings. The molecule has 0 aromatic carbocycles. The highest BCUT2D eigenvalue weighted by Gasteiger charge is 2.46. The number of nitrogens with two attached hydrogens (primary N) is 1. The number of amides is 2. The van der Waals surface area contributed by atoms with Crippen molar-refractivity contribution >= 4 is 17.8 Å². The quantitative estimate of drug-likeness (QED) is 0.349. The number of carboxylic acid groups (broad SMARTS) is 1. The Balaban J connectivity index is 2.84. The van der Waals surface area contributed by atoms with Gasteiger partial charge in [-0.05, 0) is 6.92 Å². The molecule has 0 bridgehead atoms. The molecule has 6 N–H and O–H groups in total. The van der Waals surface area contributed by atoms with E-state index in [-0.39, 0.29) is 11.5 Å². The van der Waals surface area contributed by atoms with Gasteiger partial charge in [0.05, 0.1) is 12.0 Å². The van der Waals surface area contributed by atoms with Gasteiger partial charge in [0.25, 0.3) is 5.91 Å². The molecule has 0 radical (unpaired) electrons. The molecule has 1 fully saturated rings. The fourth-order valence-electron chi connectivity index (χ4n) is 1.64. The molecule has 0 aliphatic carbocycles. The lowest BCUT2D eigenvalue weighted by Gasteiger charge is -2.20. The fourth-order valence-corrected chi connectivity index (χ4v) is 1.64. The lowest BCUT2D eigenvalue weighted by molar-refractivity contribution is -0.191. The average molecular weight is 261 g/mol. The van der Waals surface area contributed by atoms with Crippen LogP contribution in [0.1, 0.15) is 13.3 Å². The molecule has 4 atom stereocenters. The fraction of sp³-hybridized carbons (Fsp3) is 0.667. The number of rotatable bonds is 4. The van der Waals surface area contributed by atoms with Crippen LogP contribution in [0.3, 0.4) is 0 Å². The first-order valence-corrected chi connectivity index (χ1v) is 5.24. The zero-order valence-electron chi connectivity index (χ0n) is 9.61. The van der Waals surface area contributed by atoms with E-state index in [4.69, 9.17) is 16.0 Å². The van der Waals surface area contributed by atoms with E-state index in [0.29, 0.717) is 0 Å². The van der Waals surface area contributed by atoms with Crippen LogP contribution in [0.2, 0.25) is 0 Å². The summed E-state index contributed by atoms with van der Waals surface area (Å²) in [5.74, 6) is -4.36. The first-order chi connectivity index (χ1) is 8.25. The van der Waals surface area contributed by atoms with Crippen molar-refractivity contribution in [1.82, 2.24) is 10.4 Å². The van der Waals surface area contributed by atoms with E-state index < -0.39 is 42.0 Å². The maximum Gasteiger partial charge on any atom is 0.327 e. The minimum Gasteiger partial charge on any atom is -0.480 e. The lowest BCUT2D eigenvalue weighted by Crippen LogP contribution is -2.52. The number of carbonyl (C=O) groups is 3. The summed E-state index contributed by atoms with van der Waals surface area (Å²) in [4.78, 5) is 33.8. The molecule has 0 aromatic rings. The normalized spacial score (nSPS) is 26.9. The summed E-state index contributed by atoms with van der Waals surface area (Å²) in [6, 6.07) is -2.47. The van der Waals surface area contributed by atoms with Crippen LogP contribution in [0.15, 0.2) is 0 Å². The van der Waals surface area contributed by atoms with Crippen LogP contribution in [-0.2, 0) is 14.4 Å². The number of aliphatic hydroxyl groups is 1. The molecule has 1 saturated heterocycles. The molecule has 102 valence electrons. The summed E-state index contributed by atoms with van der Waals surface area (Å²) in [6.07, 6.45) is -1.76. The van der Waals surface area contributed by atoms with Gasteiger partial charge in [-0.15, -0.1) is 0 Å². The van der Waals surface area contributed by atoms with E-state index in [1.54, 1.807) is 0 Å². The van der Waals surface area contributed by atoms with Gasteiger partial charge in [-0.1, -0.05) is 0 Å². The van der Waals surface area contributed by atoms with E-state index >= 15 is 0 Å². The maximum atomic E-state index is 11.5. The summed E-state index contributed by atoms with van der Waals surface area (Å²) >= 11 is 0. The number of aliphatic hydroxyl groups excluding tert-OH is 1. The van der Waals surface area contributed by atoms with Crippen LogP contribution in [0.5, 0.6) is 0 Å². The minimum absolute atomic E-state index is 0.0542. The molecule has 0 spiro atoms. The zero-order chi connectivity index (χ0) is 14.0. The van der Waals surface area contributed by atoms with Gasteiger partial charge in [-0.25, -0.2) is 4.79 Å². The molecule has 9 heteroatoms. The average Bonchev–Trinajstić information content (AvgIpc) is 2.53. The van der Waals surface area contributed by atoms with Gasteiger partial charge in [-0.3, -0.25) is 14.8 Å². The van der Waals surface area contributed by atoms with Gasteiger partial charge in [0.2, 0.25) is 5.91 Å². The van der Waals surface area contributed by atoms with Gasteiger partial charge in [-0.2, -0.15) is 5.06 Å². The van der Waals surface area contributed by atoms with Crippen molar-refractivity contribution in [3.63, 3.8) is 0 Å². The van der Waals surface area contributed by atoms with Crippen LogP contribution in [0.25, 0.3) is 0 Å². The molecular weight excluding hydrogens is 246 g/mol. The predicted molar refractivity (Wildman–Crippen MR) is 56.0 cm³/mol. The van der Waals surface area contributed by atoms with E-state index in [1.807, 2.05) is 0 Å². The summed E-state index contributed by atoms with van der Waals surface area (Å²) in [6.45, 7) is 1.36. The molecule has 0 aromatic heterocycles. The Morgan fingerprint density at radius 1 is 1.56 bits per heavy atom. The van der Waals surface area contributed by atoms with Crippen LogP contribution >= 0.6 is 0 Å². The number of carboxylic acids is 1. The van der Waals surface area contributed by atoms with Crippen LogP contribution < -0.4 is 11.1 Å². The van der Waals surface area contributed by atoms with Crippen molar-refractivity contribution in [2.75, 3.05) is 0 Å². The summed E-state index contributed by atoms with van der Waals surface area (Å²) in [5.41, 5.74) is 5.27. The Hall–Kier alpha value is -1.71. The smallest absolute Gasteiger partial charge is 0.327 e. The Kier molecular flexibility index (Phi) is 4.22. The second kappa shape index (κ2) is 5.29. The molecular formula is C9H15N3O6. The van der Waals surface area contributed by atoms with E-state index in [0.717, 1.165) is 0 Å². The van der Waals surface area contributed by atoms with Crippen molar-refractivity contribution in [3.05, 3.63) is 0 Å². The van der Waals surface area contributed by atoms with Crippen LogP contribution in [0.4, 0.5) is 0 Å². The largest absolute Gasteiger partial charge is 0.480 e. The predicted octanol–water partition coefficient (Wildman–Crippen LogP) is -2.54. The highest BCUT2D eigenvalue weighted by atomic mass is 16.5. The molecule has 1 aliphatic heterocycles. The molecule has 18 heavy (non-hydrogen) atoms. The van der Waals surface area contributed by atoms with Crippen LogP contribution in [0, 0.1) is 5.92 Å². The number of hydrogen-bond donors (Lipinski definition) is 5. The van der Waals surface area contributed by atoms with Gasteiger partial charge >= 0.3 is 5.97 Å². The third-order valence-corrected chi connectivity index (χ3v) is 2.67. The zero-order valence-corrected chi connectivity index (χ0v) is 9.61. The number of hydrogen-bond acceptors (Lipinski definition) is 6. The SMILES string of the molecule is C[C@H](N)C(=O)N[C@H](C(=O)O)[C@H]1CC(O)N(O)C1=O. The number of nitrogens with zero attached hydrogens (tertiary/aromatic N) is 1. The highest BCUT2D eigenvalue weighted by molar-refractivity contribution is 5.92. The maximum absolute atomic E-state index is 11.5.